The van der Waals surface area contributed by atoms with Gasteiger partial charge in [0, 0.05) is 0 Å². The maximum absolute atomic E-state index is 11.2. The van der Waals surface area contributed by atoms with Crippen LogP contribution in [0.25, 0.3) is 0 Å². The summed E-state index contributed by atoms with van der Waals surface area (Å²) in [5.74, 6) is 0.169. The Balaban J connectivity index is 2.08. The van der Waals surface area contributed by atoms with Gasteiger partial charge in [0.2, 0.25) is 0 Å². The van der Waals surface area contributed by atoms with Crippen LogP contribution in [0.3, 0.4) is 0 Å². The summed E-state index contributed by atoms with van der Waals surface area (Å²) in [7, 11) is 0. The van der Waals surface area contributed by atoms with Gasteiger partial charge in [0.1, 0.15) is 5.75 Å². The number of hydrogen-bond acceptors (Lipinski definition) is 2. The van der Waals surface area contributed by atoms with Gasteiger partial charge in [0.25, 0.3) is 0 Å². The smallest absolute Gasteiger partial charge is 0.154 e. The van der Waals surface area contributed by atoms with Crippen molar-refractivity contribution in [3.63, 3.8) is 0 Å². The summed E-state index contributed by atoms with van der Waals surface area (Å²) in [5, 5.41) is 10.2. The first-order valence-electron chi connectivity index (χ1n) is 6.64. The fourth-order valence-electron chi connectivity index (χ4n) is 2.68. The van der Waals surface area contributed by atoms with Crippen molar-refractivity contribution < 1.29 is 9.90 Å². The molecule has 2 heteroatoms. The molecular weight excluding hydrogens is 236 g/mol. The van der Waals surface area contributed by atoms with E-state index >= 15 is 0 Å². The SMILES string of the molecule is O=Cc1c2ccc(c1O)CCc1ccc(cc1)CC2. The van der Waals surface area contributed by atoms with Gasteiger partial charge in [-0.3, -0.25) is 4.79 Å². The molecule has 6 rings (SSSR count). The standard InChI is InChI=1S/C17H16O2/c18-11-16-14-7-5-12-1-3-13(4-2-12)6-8-15(10-9-14)17(16)19/h1-4,9-11,19H,5-8H2. The van der Waals surface area contributed by atoms with Crippen LogP contribution in [0.2, 0.25) is 0 Å². The van der Waals surface area contributed by atoms with E-state index in [-0.39, 0.29) is 5.75 Å². The zero-order valence-corrected chi connectivity index (χ0v) is 10.7. The molecule has 2 aromatic carbocycles. The second-order valence-corrected chi connectivity index (χ2v) is 5.08. The minimum absolute atomic E-state index is 0.169. The van der Waals surface area contributed by atoms with Gasteiger partial charge in [-0.15, -0.1) is 0 Å². The number of carbonyl (C=O) groups is 1. The highest BCUT2D eigenvalue weighted by Crippen LogP contribution is 2.27. The number of carbonyl (C=O) groups excluding carboxylic acids is 1. The van der Waals surface area contributed by atoms with Crippen molar-refractivity contribution in [2.75, 3.05) is 0 Å². The maximum Gasteiger partial charge on any atom is 0.154 e. The number of hydrogen-bond donors (Lipinski definition) is 1. The molecule has 2 nitrogen and oxygen atoms in total. The molecule has 4 aliphatic rings. The minimum Gasteiger partial charge on any atom is -0.507 e. The monoisotopic (exact) mass is 252 g/mol. The zero-order valence-electron chi connectivity index (χ0n) is 10.7. The number of aldehydes is 1. The van der Waals surface area contributed by atoms with Crippen molar-refractivity contribution in [2.45, 2.75) is 25.7 Å². The van der Waals surface area contributed by atoms with Gasteiger partial charge in [-0.1, -0.05) is 36.4 Å². The molecule has 4 bridgehead atoms. The van der Waals surface area contributed by atoms with E-state index in [1.807, 2.05) is 12.1 Å². The Hall–Kier alpha value is -2.09. The zero-order chi connectivity index (χ0) is 13.2. The average Bonchev–Trinajstić information content (AvgIpc) is 2.43. The van der Waals surface area contributed by atoms with Crippen LogP contribution in [0.15, 0.2) is 36.4 Å². The Morgan fingerprint density at radius 1 is 0.789 bits per heavy atom. The summed E-state index contributed by atoms with van der Waals surface area (Å²) < 4.78 is 0. The number of aromatic hydroxyl groups is 1. The second kappa shape index (κ2) is 4.88. The first kappa shape index (κ1) is 12.0. The summed E-state index contributed by atoms with van der Waals surface area (Å²) in [6.45, 7) is 0. The highest BCUT2D eigenvalue weighted by molar-refractivity contribution is 5.82. The molecule has 0 unspecified atom stereocenters. The molecule has 0 fully saturated rings. The van der Waals surface area contributed by atoms with Gasteiger partial charge < -0.3 is 5.11 Å². The van der Waals surface area contributed by atoms with Crippen LogP contribution < -0.4 is 0 Å². The first-order chi connectivity index (χ1) is 9.28. The molecule has 96 valence electrons. The van der Waals surface area contributed by atoms with Gasteiger partial charge in [-0.2, -0.15) is 0 Å². The molecule has 0 aliphatic heterocycles. The summed E-state index contributed by atoms with van der Waals surface area (Å²) in [5.41, 5.74) is 4.79. The summed E-state index contributed by atoms with van der Waals surface area (Å²) in [4.78, 5) is 11.2. The van der Waals surface area contributed by atoms with Crippen LogP contribution in [-0.2, 0) is 25.7 Å². The molecule has 0 heterocycles. The third kappa shape index (κ3) is 2.26. The average molecular weight is 252 g/mol. The van der Waals surface area contributed by atoms with Crippen molar-refractivity contribution in [3.8, 4) is 5.75 Å². The lowest BCUT2D eigenvalue weighted by atomic mass is 9.93. The molecule has 1 N–H and O–H groups in total. The highest BCUT2D eigenvalue weighted by atomic mass is 16.3. The van der Waals surface area contributed by atoms with Crippen LogP contribution in [-0.4, -0.2) is 11.4 Å². The van der Waals surface area contributed by atoms with Gasteiger partial charge in [-0.25, -0.2) is 0 Å². The number of rotatable bonds is 1. The number of phenols is 1. The molecular formula is C17H16O2. The van der Waals surface area contributed by atoms with Crippen molar-refractivity contribution in [2.24, 2.45) is 0 Å². The quantitative estimate of drug-likeness (QED) is 0.792. The van der Waals surface area contributed by atoms with Gasteiger partial charge in [0.15, 0.2) is 6.29 Å². The Morgan fingerprint density at radius 3 is 1.89 bits per heavy atom. The molecule has 19 heavy (non-hydrogen) atoms. The predicted molar refractivity (Wildman–Crippen MR) is 74.8 cm³/mol. The molecule has 0 spiro atoms. The maximum atomic E-state index is 11.2. The molecule has 2 aromatic rings. The van der Waals surface area contributed by atoms with Crippen LogP contribution in [0, 0.1) is 0 Å². The van der Waals surface area contributed by atoms with E-state index < -0.39 is 0 Å². The molecule has 0 aromatic heterocycles. The predicted octanol–water partition coefficient (Wildman–Crippen LogP) is 3.09. The van der Waals surface area contributed by atoms with Gasteiger partial charge in [0.05, 0.1) is 5.56 Å². The topological polar surface area (TPSA) is 37.3 Å². The van der Waals surface area contributed by atoms with Crippen LogP contribution in [0.5, 0.6) is 5.75 Å². The van der Waals surface area contributed by atoms with E-state index in [2.05, 4.69) is 24.3 Å². The first-order valence-corrected chi connectivity index (χ1v) is 6.64. The van der Waals surface area contributed by atoms with Crippen LogP contribution in [0.4, 0.5) is 0 Å². The highest BCUT2D eigenvalue weighted by Gasteiger charge is 2.13. The van der Waals surface area contributed by atoms with Crippen LogP contribution in [0.1, 0.15) is 32.6 Å². The van der Waals surface area contributed by atoms with Crippen molar-refractivity contribution in [1.29, 1.82) is 0 Å². The Bertz CT molecular complexity index is 612. The van der Waals surface area contributed by atoms with Gasteiger partial charge >= 0.3 is 0 Å². The fraction of sp³-hybridized carbons (Fsp3) is 0.235. The largest absolute Gasteiger partial charge is 0.507 e. The molecule has 4 aliphatic carbocycles. The lowest BCUT2D eigenvalue weighted by Crippen LogP contribution is -2.02. The number of benzene rings is 2. The van der Waals surface area contributed by atoms with E-state index in [0.717, 1.165) is 43.1 Å². The van der Waals surface area contributed by atoms with Crippen LogP contribution >= 0.6 is 0 Å². The fourth-order valence-corrected chi connectivity index (χ4v) is 2.68. The van der Waals surface area contributed by atoms with E-state index in [1.54, 1.807) is 0 Å². The lowest BCUT2D eigenvalue weighted by Gasteiger charge is -2.13. The number of phenolic OH excluding ortho intramolecular Hbond substituents is 1. The molecule has 0 saturated heterocycles. The third-order valence-electron chi connectivity index (χ3n) is 3.90. The summed E-state index contributed by atoms with van der Waals surface area (Å²) in [6.07, 6.45) is 4.08. The van der Waals surface area contributed by atoms with Gasteiger partial charge in [-0.05, 0) is 47.9 Å². The van der Waals surface area contributed by atoms with E-state index in [1.165, 1.54) is 11.1 Å². The lowest BCUT2D eigenvalue weighted by molar-refractivity contribution is 0.112. The molecule has 0 radical (unpaired) electrons. The Morgan fingerprint density at radius 2 is 1.32 bits per heavy atom. The molecule has 0 saturated carbocycles. The summed E-state index contributed by atoms with van der Waals surface area (Å²) in [6, 6.07) is 12.5. The Labute approximate surface area is 112 Å². The van der Waals surface area contributed by atoms with Crippen molar-refractivity contribution >= 4 is 6.29 Å². The molecule has 0 amide bonds. The minimum atomic E-state index is 0.169. The molecule has 0 atom stereocenters. The van der Waals surface area contributed by atoms with Crippen molar-refractivity contribution in [1.82, 2.24) is 0 Å². The van der Waals surface area contributed by atoms with E-state index in [4.69, 9.17) is 0 Å². The van der Waals surface area contributed by atoms with E-state index in [0.29, 0.717) is 5.56 Å². The number of aryl methyl sites for hydroxylation is 4. The van der Waals surface area contributed by atoms with Crippen molar-refractivity contribution in [3.05, 3.63) is 64.2 Å². The third-order valence-corrected chi connectivity index (χ3v) is 3.90. The normalized spacial score (nSPS) is 13.9. The summed E-state index contributed by atoms with van der Waals surface area (Å²) >= 11 is 0. The van der Waals surface area contributed by atoms with E-state index in [9.17, 15) is 9.90 Å². The Kier molecular flexibility index (Phi) is 3.08. The second-order valence-electron chi connectivity index (χ2n) is 5.08.